The minimum absolute atomic E-state index is 0.843. The van der Waals surface area contributed by atoms with Crippen molar-refractivity contribution in [2.45, 2.75) is 0 Å². The summed E-state index contributed by atoms with van der Waals surface area (Å²) >= 11 is 4.82. The Balaban J connectivity index is 2.02. The largest absolute Gasteiger partial charge is 0.156 e. The third-order valence-corrected chi connectivity index (χ3v) is 8.06. The highest BCUT2D eigenvalue weighted by molar-refractivity contribution is 14.1. The second kappa shape index (κ2) is 5.51. The lowest BCUT2D eigenvalue weighted by atomic mass is 10.1. The maximum Gasteiger partial charge on any atom is 0.156 e. The van der Waals surface area contributed by atoms with Crippen molar-refractivity contribution >= 4 is 69.5 Å². The Morgan fingerprint density at radius 2 is 1.14 bits per heavy atom. The van der Waals surface area contributed by atoms with Crippen molar-refractivity contribution < 1.29 is 0 Å². The minimum atomic E-state index is -0.843. The fourth-order valence-corrected chi connectivity index (χ4v) is 6.85. The molecule has 1 heterocycles. The van der Waals surface area contributed by atoms with Crippen LogP contribution in [0.25, 0.3) is 11.1 Å². The van der Waals surface area contributed by atoms with Crippen LogP contribution in [0.2, 0.25) is 0 Å². The first-order chi connectivity index (χ1) is 10.2. The van der Waals surface area contributed by atoms with Crippen molar-refractivity contribution in [2.24, 2.45) is 0 Å². The van der Waals surface area contributed by atoms with Crippen LogP contribution in [0.4, 0.5) is 0 Å². The van der Waals surface area contributed by atoms with Gasteiger partial charge in [0.2, 0.25) is 0 Å². The summed E-state index contributed by atoms with van der Waals surface area (Å²) < 4.78 is 2.62. The van der Waals surface area contributed by atoms with E-state index in [0.717, 1.165) is 0 Å². The van der Waals surface area contributed by atoms with E-state index in [0.29, 0.717) is 0 Å². The first kappa shape index (κ1) is 14.0. The van der Waals surface area contributed by atoms with Gasteiger partial charge in [0.1, 0.15) is 0 Å². The van der Waals surface area contributed by atoms with Crippen LogP contribution in [0.15, 0.2) is 66.7 Å². The summed E-state index contributed by atoms with van der Waals surface area (Å²) in [6, 6.07) is 24.8. The second-order valence-electron chi connectivity index (χ2n) is 5.12. The monoisotopic (exact) mass is 509 g/mol. The van der Waals surface area contributed by atoms with Crippen LogP contribution in [0.1, 0.15) is 0 Å². The number of halogens is 2. The average Bonchev–Trinajstić information content (AvgIpc) is 2.81. The SMILES string of the molecule is Ic1ccc2c(c1)-c1cc(I)ccc1[Si]2c1ccccc1. The fraction of sp³-hybridized carbons (Fsp3) is 0. The third-order valence-electron chi connectivity index (χ3n) is 3.85. The molecular weight excluding hydrogens is 498 g/mol. The summed E-state index contributed by atoms with van der Waals surface area (Å²) in [5, 5.41) is 4.54. The van der Waals surface area contributed by atoms with E-state index in [-0.39, 0.29) is 0 Å². The van der Waals surface area contributed by atoms with Gasteiger partial charge in [-0.15, -0.1) is 0 Å². The molecule has 0 saturated heterocycles. The van der Waals surface area contributed by atoms with Crippen LogP contribution in [0.5, 0.6) is 0 Å². The van der Waals surface area contributed by atoms with Gasteiger partial charge in [-0.25, -0.2) is 0 Å². The van der Waals surface area contributed by atoms with Gasteiger partial charge in [0.05, 0.1) is 0 Å². The second-order valence-corrected chi connectivity index (χ2v) is 10.0. The smallest absolute Gasteiger partial charge is 0.0624 e. The van der Waals surface area contributed by atoms with Gasteiger partial charge in [0, 0.05) is 7.14 Å². The number of rotatable bonds is 1. The van der Waals surface area contributed by atoms with Crippen LogP contribution in [0, 0.1) is 7.14 Å². The van der Waals surface area contributed by atoms with Crippen LogP contribution >= 0.6 is 45.2 Å². The van der Waals surface area contributed by atoms with Crippen molar-refractivity contribution in [2.75, 3.05) is 0 Å². The zero-order valence-electron chi connectivity index (χ0n) is 11.1. The van der Waals surface area contributed by atoms with Gasteiger partial charge in [-0.3, -0.25) is 0 Å². The Kier molecular flexibility index (Phi) is 3.67. The van der Waals surface area contributed by atoms with Gasteiger partial charge in [-0.1, -0.05) is 47.7 Å². The summed E-state index contributed by atoms with van der Waals surface area (Å²) in [7, 11) is -0.843. The highest BCUT2D eigenvalue weighted by atomic mass is 127. The van der Waals surface area contributed by atoms with Crippen LogP contribution in [0.3, 0.4) is 0 Å². The van der Waals surface area contributed by atoms with E-state index < -0.39 is 8.80 Å². The number of hydrogen-bond acceptors (Lipinski definition) is 0. The van der Waals surface area contributed by atoms with Crippen LogP contribution in [-0.2, 0) is 0 Å². The third kappa shape index (κ3) is 2.39. The Labute approximate surface area is 153 Å². The summed E-state index contributed by atoms with van der Waals surface area (Å²) in [5.74, 6) is 0. The van der Waals surface area contributed by atoms with Crippen molar-refractivity contribution in [3.05, 3.63) is 73.9 Å². The molecule has 0 aliphatic carbocycles. The van der Waals surface area contributed by atoms with Crippen molar-refractivity contribution in [1.82, 2.24) is 0 Å². The molecular formula is C18H11I2Si. The summed E-state index contributed by atoms with van der Waals surface area (Å²) in [4.78, 5) is 0. The number of benzene rings is 3. The summed E-state index contributed by atoms with van der Waals surface area (Å²) in [6.45, 7) is 0. The quantitative estimate of drug-likeness (QED) is 0.273. The van der Waals surface area contributed by atoms with Crippen LogP contribution in [-0.4, -0.2) is 8.80 Å². The topological polar surface area (TPSA) is 0 Å². The van der Waals surface area contributed by atoms with E-state index in [1.807, 2.05) is 0 Å². The Hall–Kier alpha value is -0.663. The lowest BCUT2D eigenvalue weighted by Crippen LogP contribution is -2.48. The van der Waals surface area contributed by atoms with E-state index in [9.17, 15) is 0 Å². The number of hydrogen-bond donors (Lipinski definition) is 0. The molecule has 0 atom stereocenters. The van der Waals surface area contributed by atoms with Gasteiger partial charge in [0.25, 0.3) is 0 Å². The summed E-state index contributed by atoms with van der Waals surface area (Å²) in [5.41, 5.74) is 2.88. The average molecular weight is 509 g/mol. The van der Waals surface area contributed by atoms with Crippen molar-refractivity contribution in [1.29, 1.82) is 0 Å². The Morgan fingerprint density at radius 3 is 1.67 bits per heavy atom. The molecule has 0 amide bonds. The first-order valence-corrected chi connectivity index (χ1v) is 10.4. The van der Waals surface area contributed by atoms with Gasteiger partial charge in [-0.05, 0) is 90.9 Å². The zero-order chi connectivity index (χ0) is 14.4. The van der Waals surface area contributed by atoms with Gasteiger partial charge >= 0.3 is 0 Å². The van der Waals surface area contributed by atoms with E-state index in [4.69, 9.17) is 0 Å². The van der Waals surface area contributed by atoms with E-state index >= 15 is 0 Å². The van der Waals surface area contributed by atoms with Gasteiger partial charge < -0.3 is 0 Å². The molecule has 1 aliphatic heterocycles. The molecule has 0 aromatic heterocycles. The van der Waals surface area contributed by atoms with E-state index in [1.54, 1.807) is 0 Å². The lowest BCUT2D eigenvalue weighted by molar-refractivity contribution is 1.64. The molecule has 3 aromatic carbocycles. The predicted molar refractivity (Wildman–Crippen MR) is 108 cm³/mol. The molecule has 0 unspecified atom stereocenters. The Bertz CT molecular complexity index is 776. The summed E-state index contributed by atoms with van der Waals surface area (Å²) in [6.07, 6.45) is 0. The molecule has 0 nitrogen and oxygen atoms in total. The minimum Gasteiger partial charge on any atom is -0.0624 e. The molecule has 101 valence electrons. The maximum atomic E-state index is 2.41. The molecule has 3 aromatic rings. The molecule has 1 radical (unpaired) electrons. The highest BCUT2D eigenvalue weighted by Crippen LogP contribution is 2.26. The number of fused-ring (bicyclic) bond motifs is 3. The lowest BCUT2D eigenvalue weighted by Gasteiger charge is -2.11. The van der Waals surface area contributed by atoms with E-state index in [2.05, 4.69) is 112 Å². The first-order valence-electron chi connectivity index (χ1n) is 6.76. The normalized spacial score (nSPS) is 13.0. The van der Waals surface area contributed by atoms with Crippen molar-refractivity contribution in [3.63, 3.8) is 0 Å². The van der Waals surface area contributed by atoms with Crippen LogP contribution < -0.4 is 15.6 Å². The maximum absolute atomic E-state index is 2.41. The Morgan fingerprint density at radius 1 is 0.619 bits per heavy atom. The molecule has 0 N–H and O–H groups in total. The molecule has 0 fully saturated rings. The molecule has 0 saturated carbocycles. The van der Waals surface area contributed by atoms with E-state index in [1.165, 1.54) is 33.8 Å². The zero-order valence-corrected chi connectivity index (χ0v) is 16.4. The molecule has 0 spiro atoms. The molecule has 1 aliphatic rings. The predicted octanol–water partition coefficient (Wildman–Crippen LogP) is 3.39. The fourth-order valence-electron chi connectivity index (χ4n) is 2.98. The molecule has 4 rings (SSSR count). The molecule has 21 heavy (non-hydrogen) atoms. The van der Waals surface area contributed by atoms with Gasteiger partial charge in [0.15, 0.2) is 8.80 Å². The standard InChI is InChI=1S/C18H11I2Si/c19-12-6-8-17-15(10-12)16-11-13(20)7-9-18(16)21(17)14-4-2-1-3-5-14/h1-11H. The molecule has 3 heteroatoms. The van der Waals surface area contributed by atoms with Gasteiger partial charge in [-0.2, -0.15) is 0 Å². The highest BCUT2D eigenvalue weighted by Gasteiger charge is 2.31. The van der Waals surface area contributed by atoms with Crippen molar-refractivity contribution in [3.8, 4) is 11.1 Å². The molecule has 0 bridgehead atoms.